The van der Waals surface area contributed by atoms with Crippen molar-refractivity contribution in [1.29, 1.82) is 0 Å². The van der Waals surface area contributed by atoms with Gasteiger partial charge in [0.1, 0.15) is 16.9 Å². The van der Waals surface area contributed by atoms with Crippen LogP contribution in [0.1, 0.15) is 30.5 Å². The summed E-state index contributed by atoms with van der Waals surface area (Å²) < 4.78 is 69.4. The first-order chi connectivity index (χ1) is 16.8. The fourth-order valence-electron chi connectivity index (χ4n) is 3.99. The number of halogens is 5. The number of anilines is 2. The van der Waals surface area contributed by atoms with Crippen molar-refractivity contribution in [3.63, 3.8) is 0 Å². The molecule has 0 aromatic carbocycles. The average Bonchev–Trinajstić information content (AvgIpc) is 3.25. The van der Waals surface area contributed by atoms with Crippen LogP contribution in [0.4, 0.5) is 33.5 Å². The van der Waals surface area contributed by atoms with E-state index in [1.807, 2.05) is 4.90 Å². The van der Waals surface area contributed by atoms with Crippen molar-refractivity contribution < 1.29 is 22.0 Å². The van der Waals surface area contributed by atoms with E-state index in [2.05, 4.69) is 25.4 Å². The minimum Gasteiger partial charge on any atom is -0.336 e. The molecule has 0 bridgehead atoms. The Kier molecular flexibility index (Phi) is 6.05. The normalized spacial score (nSPS) is 16.2. The molecule has 7 nitrogen and oxygen atoms in total. The molecule has 12 heteroatoms. The van der Waals surface area contributed by atoms with Gasteiger partial charge in [0.25, 0.3) is 12.3 Å². The molecule has 0 aliphatic carbocycles. The second-order valence-corrected chi connectivity index (χ2v) is 8.28. The molecular weight excluding hydrogens is 469 g/mol. The zero-order valence-corrected chi connectivity index (χ0v) is 18.3. The van der Waals surface area contributed by atoms with Gasteiger partial charge in [0.15, 0.2) is 11.6 Å². The minimum absolute atomic E-state index is 0.0525. The topological polar surface area (TPSA) is 71.2 Å². The molecular formula is C23H20F5N7. The molecule has 0 radical (unpaired) electrons. The number of likely N-dealkylation sites (tertiary alicyclic amines) is 1. The zero-order chi connectivity index (χ0) is 24.6. The Hall–Kier alpha value is -3.67. The Morgan fingerprint density at radius 3 is 2.60 bits per heavy atom. The Morgan fingerprint density at radius 2 is 1.86 bits per heavy atom. The van der Waals surface area contributed by atoms with E-state index in [1.165, 1.54) is 35.0 Å². The molecule has 1 saturated heterocycles. The molecule has 1 N–H and O–H groups in total. The van der Waals surface area contributed by atoms with Crippen LogP contribution in [0.25, 0.3) is 17.0 Å². The monoisotopic (exact) mass is 489 g/mol. The lowest BCUT2D eigenvalue weighted by molar-refractivity contribution is -0.0565. The molecule has 1 fully saturated rings. The van der Waals surface area contributed by atoms with Gasteiger partial charge in [-0.1, -0.05) is 6.07 Å². The predicted molar refractivity (Wildman–Crippen MR) is 118 cm³/mol. The van der Waals surface area contributed by atoms with Crippen LogP contribution in [0.3, 0.4) is 0 Å². The molecule has 1 aliphatic heterocycles. The summed E-state index contributed by atoms with van der Waals surface area (Å²) in [6.45, 7) is 0.826. The van der Waals surface area contributed by atoms with Crippen LogP contribution >= 0.6 is 0 Å². The van der Waals surface area contributed by atoms with Crippen LogP contribution in [0.15, 0.2) is 48.9 Å². The van der Waals surface area contributed by atoms with Crippen molar-refractivity contribution in [2.24, 2.45) is 0 Å². The molecule has 5 heterocycles. The van der Waals surface area contributed by atoms with E-state index in [0.717, 1.165) is 11.8 Å². The van der Waals surface area contributed by atoms with Crippen molar-refractivity contribution in [2.45, 2.75) is 31.7 Å². The maximum Gasteiger partial charge on any atom is 0.280 e. The van der Waals surface area contributed by atoms with Crippen LogP contribution in [-0.4, -0.2) is 48.5 Å². The number of hydrogen-bond donors (Lipinski definition) is 1. The summed E-state index contributed by atoms with van der Waals surface area (Å²) in [6, 6.07) is 7.34. The van der Waals surface area contributed by atoms with Gasteiger partial charge in [0.2, 0.25) is 5.82 Å². The van der Waals surface area contributed by atoms with Gasteiger partial charge in [-0.05, 0) is 29.8 Å². The molecule has 0 spiro atoms. The Bertz CT molecular complexity index is 1350. The van der Waals surface area contributed by atoms with Crippen LogP contribution in [0.5, 0.6) is 0 Å². The fraction of sp³-hybridized carbons (Fsp3) is 0.304. The Labute approximate surface area is 196 Å². The third kappa shape index (κ3) is 4.92. The number of fused-ring (bicyclic) bond motifs is 1. The van der Waals surface area contributed by atoms with E-state index in [9.17, 15) is 22.0 Å². The van der Waals surface area contributed by atoms with Gasteiger partial charge in [-0.2, -0.15) is 0 Å². The smallest absolute Gasteiger partial charge is 0.280 e. The van der Waals surface area contributed by atoms with E-state index in [1.54, 1.807) is 12.3 Å². The molecule has 1 aliphatic rings. The first-order valence-electron chi connectivity index (χ1n) is 10.9. The van der Waals surface area contributed by atoms with Crippen molar-refractivity contribution in [1.82, 2.24) is 29.5 Å². The molecule has 5 rings (SSSR count). The first-order valence-corrected chi connectivity index (χ1v) is 10.9. The van der Waals surface area contributed by atoms with Gasteiger partial charge in [-0.3, -0.25) is 9.88 Å². The summed E-state index contributed by atoms with van der Waals surface area (Å²) in [5, 5.41) is 7.36. The van der Waals surface area contributed by atoms with Crippen LogP contribution in [0.2, 0.25) is 0 Å². The van der Waals surface area contributed by atoms with Crippen molar-refractivity contribution in [2.75, 3.05) is 18.4 Å². The van der Waals surface area contributed by atoms with Crippen molar-refractivity contribution in [3.05, 3.63) is 66.0 Å². The number of nitrogens with one attached hydrogen (secondary N) is 1. The van der Waals surface area contributed by atoms with E-state index >= 15 is 0 Å². The quantitative estimate of drug-likeness (QED) is 0.374. The van der Waals surface area contributed by atoms with Crippen LogP contribution < -0.4 is 5.32 Å². The number of nitrogens with zero attached hydrogens (tertiary/aromatic N) is 6. The van der Waals surface area contributed by atoms with Crippen LogP contribution in [-0.2, 0) is 6.54 Å². The van der Waals surface area contributed by atoms with E-state index in [0.29, 0.717) is 12.1 Å². The Balaban J connectivity index is 1.57. The number of rotatable bonds is 6. The molecule has 35 heavy (non-hydrogen) atoms. The summed E-state index contributed by atoms with van der Waals surface area (Å²) >= 11 is 0. The number of hydrogen-bond acceptors (Lipinski definition) is 6. The second kappa shape index (κ2) is 9.17. The summed E-state index contributed by atoms with van der Waals surface area (Å²) in [5.41, 5.74) is 1.05. The molecule has 0 atom stereocenters. The SMILES string of the molecule is Fc1cnccc1Nc1nc(-c2cccc(C(F)F)n2)nn2ccc(CN3CCC(F)(F)CC3)c12. The van der Waals surface area contributed by atoms with Gasteiger partial charge in [-0.25, -0.2) is 36.4 Å². The predicted octanol–water partition coefficient (Wildman–Crippen LogP) is 5.24. The molecule has 0 saturated carbocycles. The number of piperidine rings is 1. The van der Waals surface area contributed by atoms with Gasteiger partial charge in [0, 0.05) is 44.9 Å². The standard InChI is InChI=1S/C23H20F5N7/c24-15-12-29-8-4-16(15)31-22-19-14(13-34-10-6-23(27,28)7-11-34)5-9-35(19)33-21(32-22)18-3-1-2-17(30-18)20(25)26/h1-5,8-9,12,20H,6-7,10-11,13H2,(H,29,31,32,33). The highest BCUT2D eigenvalue weighted by molar-refractivity contribution is 5.78. The van der Waals surface area contributed by atoms with Gasteiger partial charge < -0.3 is 5.32 Å². The summed E-state index contributed by atoms with van der Waals surface area (Å²) in [5.74, 6) is -3.01. The van der Waals surface area contributed by atoms with Crippen molar-refractivity contribution >= 4 is 17.0 Å². The Morgan fingerprint density at radius 1 is 1.06 bits per heavy atom. The highest BCUT2D eigenvalue weighted by Gasteiger charge is 2.34. The molecule has 4 aromatic rings. The maximum atomic E-state index is 14.4. The molecule has 0 unspecified atom stereocenters. The highest BCUT2D eigenvalue weighted by Crippen LogP contribution is 2.31. The number of alkyl halides is 4. The van der Waals surface area contributed by atoms with Gasteiger partial charge in [0.05, 0.1) is 11.9 Å². The molecule has 0 amide bonds. The summed E-state index contributed by atoms with van der Waals surface area (Å²) in [6.07, 6.45) is 0.891. The lowest BCUT2D eigenvalue weighted by Gasteiger charge is -2.31. The van der Waals surface area contributed by atoms with Gasteiger partial charge in [-0.15, -0.1) is 5.10 Å². The fourth-order valence-corrected chi connectivity index (χ4v) is 3.99. The third-order valence-corrected chi connectivity index (χ3v) is 5.83. The lowest BCUT2D eigenvalue weighted by Crippen LogP contribution is -2.38. The van der Waals surface area contributed by atoms with E-state index < -0.39 is 23.9 Å². The van der Waals surface area contributed by atoms with Gasteiger partial charge >= 0.3 is 0 Å². The largest absolute Gasteiger partial charge is 0.336 e. The summed E-state index contributed by atoms with van der Waals surface area (Å²) in [4.78, 5) is 14.1. The highest BCUT2D eigenvalue weighted by atomic mass is 19.3. The zero-order valence-electron chi connectivity index (χ0n) is 18.3. The maximum absolute atomic E-state index is 14.4. The van der Waals surface area contributed by atoms with E-state index in [4.69, 9.17) is 0 Å². The van der Waals surface area contributed by atoms with E-state index in [-0.39, 0.29) is 49.0 Å². The second-order valence-electron chi connectivity index (χ2n) is 8.28. The number of aromatic nitrogens is 5. The average molecular weight is 489 g/mol. The first kappa shape index (κ1) is 23.1. The summed E-state index contributed by atoms with van der Waals surface area (Å²) in [7, 11) is 0. The van der Waals surface area contributed by atoms with Crippen molar-refractivity contribution in [3.8, 4) is 11.5 Å². The molecule has 4 aromatic heterocycles. The lowest BCUT2D eigenvalue weighted by atomic mass is 10.1. The van der Waals surface area contributed by atoms with Crippen LogP contribution in [0, 0.1) is 5.82 Å². The molecule has 182 valence electrons. The minimum atomic E-state index is -2.77. The third-order valence-electron chi connectivity index (χ3n) is 5.83. The number of pyridine rings is 2.